The van der Waals surface area contributed by atoms with E-state index in [2.05, 4.69) is 5.43 Å². The summed E-state index contributed by atoms with van der Waals surface area (Å²) >= 11 is 1.46. The number of thiophene rings is 1. The zero-order chi connectivity index (χ0) is 13.5. The maximum Gasteiger partial charge on any atom is 0.336 e. The lowest BCUT2D eigenvalue weighted by Crippen LogP contribution is -2.48. The van der Waals surface area contributed by atoms with Crippen molar-refractivity contribution in [3.8, 4) is 0 Å². The van der Waals surface area contributed by atoms with Gasteiger partial charge >= 0.3 is 12.0 Å². The van der Waals surface area contributed by atoms with Gasteiger partial charge in [0.1, 0.15) is 6.54 Å². The summed E-state index contributed by atoms with van der Waals surface area (Å²) in [5.74, 6) is -0.376. The maximum atomic E-state index is 11.8. The highest BCUT2D eigenvalue weighted by atomic mass is 32.1. The first kappa shape index (κ1) is 14.5. The third-order valence-electron chi connectivity index (χ3n) is 2.10. The molecule has 2 amide bonds. The monoisotopic (exact) mass is 271 g/mol. The van der Waals surface area contributed by atoms with Crippen molar-refractivity contribution in [1.82, 2.24) is 10.4 Å². The number of nitrogens with one attached hydrogen (secondary N) is 1. The van der Waals surface area contributed by atoms with Crippen LogP contribution in [0.1, 0.15) is 6.92 Å². The molecule has 1 aromatic heterocycles. The van der Waals surface area contributed by atoms with Crippen molar-refractivity contribution in [3.63, 3.8) is 0 Å². The Morgan fingerprint density at radius 2 is 2.17 bits per heavy atom. The quantitative estimate of drug-likeness (QED) is 0.648. The van der Waals surface area contributed by atoms with Gasteiger partial charge in [-0.15, -0.1) is 11.3 Å². The predicted octanol–water partition coefficient (Wildman–Crippen LogP) is 1.30. The standard InChI is InChI=1S/C11H17N3O3S/c1-4-17-10(15)8-13(2)12-11(16)14(3)9-6-5-7-18-9/h5-7H,4,8H2,1-3H3,(H,12,16). The molecule has 100 valence electrons. The molecule has 0 aromatic carbocycles. The Balaban J connectivity index is 2.42. The van der Waals surface area contributed by atoms with Crippen LogP contribution in [0.25, 0.3) is 0 Å². The summed E-state index contributed by atoms with van der Waals surface area (Å²) in [5, 5.41) is 4.11. The first-order chi connectivity index (χ1) is 8.54. The van der Waals surface area contributed by atoms with E-state index in [-0.39, 0.29) is 18.5 Å². The first-order valence-electron chi connectivity index (χ1n) is 5.49. The molecule has 0 aliphatic rings. The molecule has 1 N–H and O–H groups in total. The number of anilines is 1. The van der Waals surface area contributed by atoms with Gasteiger partial charge in [-0.2, -0.15) is 0 Å². The van der Waals surface area contributed by atoms with Crippen LogP contribution >= 0.6 is 11.3 Å². The maximum absolute atomic E-state index is 11.8. The summed E-state index contributed by atoms with van der Waals surface area (Å²) in [6, 6.07) is 3.41. The van der Waals surface area contributed by atoms with Crippen LogP contribution in [-0.4, -0.2) is 44.3 Å². The summed E-state index contributed by atoms with van der Waals surface area (Å²) in [4.78, 5) is 24.5. The molecule has 1 rings (SSSR count). The number of ether oxygens (including phenoxy) is 1. The van der Waals surface area contributed by atoms with Crippen LogP contribution in [0.3, 0.4) is 0 Å². The number of likely N-dealkylation sites (N-methyl/N-ethyl adjacent to an activating group) is 1. The Hall–Kier alpha value is -1.60. The summed E-state index contributed by atoms with van der Waals surface area (Å²) in [7, 11) is 3.27. The van der Waals surface area contributed by atoms with Crippen LogP contribution in [0.2, 0.25) is 0 Å². The number of hydrogen-bond acceptors (Lipinski definition) is 5. The van der Waals surface area contributed by atoms with Crippen LogP contribution in [0.4, 0.5) is 9.80 Å². The van der Waals surface area contributed by atoms with E-state index in [1.54, 1.807) is 21.0 Å². The highest BCUT2D eigenvalue weighted by Crippen LogP contribution is 2.19. The van der Waals surface area contributed by atoms with Gasteiger partial charge in [0.25, 0.3) is 0 Å². The van der Waals surface area contributed by atoms with Crippen molar-refractivity contribution in [2.45, 2.75) is 6.92 Å². The molecule has 0 radical (unpaired) electrons. The number of nitrogens with zero attached hydrogens (tertiary/aromatic N) is 2. The zero-order valence-corrected chi connectivity index (χ0v) is 11.5. The molecule has 0 spiro atoms. The summed E-state index contributed by atoms with van der Waals surface area (Å²) < 4.78 is 4.78. The second-order valence-corrected chi connectivity index (χ2v) is 4.51. The van der Waals surface area contributed by atoms with Gasteiger partial charge in [-0.3, -0.25) is 15.1 Å². The van der Waals surface area contributed by atoms with E-state index >= 15 is 0 Å². The minimum atomic E-state index is -0.376. The van der Waals surface area contributed by atoms with Crippen molar-refractivity contribution >= 4 is 28.3 Å². The Bertz CT molecular complexity index is 394. The molecule has 0 bridgehead atoms. The highest BCUT2D eigenvalue weighted by molar-refractivity contribution is 7.14. The number of carbonyl (C=O) groups is 2. The topological polar surface area (TPSA) is 61.9 Å². The normalized spacial score (nSPS) is 10.2. The van der Waals surface area contributed by atoms with Crippen LogP contribution in [0.5, 0.6) is 0 Å². The van der Waals surface area contributed by atoms with Gasteiger partial charge < -0.3 is 4.74 Å². The fourth-order valence-electron chi connectivity index (χ4n) is 1.24. The first-order valence-corrected chi connectivity index (χ1v) is 6.37. The summed E-state index contributed by atoms with van der Waals surface area (Å²) in [5.41, 5.74) is 2.58. The number of hydrogen-bond donors (Lipinski definition) is 1. The SMILES string of the molecule is CCOC(=O)CN(C)NC(=O)N(C)c1cccs1. The van der Waals surface area contributed by atoms with E-state index in [9.17, 15) is 9.59 Å². The lowest BCUT2D eigenvalue weighted by Gasteiger charge is -2.21. The number of urea groups is 1. The molecule has 0 saturated heterocycles. The van der Waals surface area contributed by atoms with Crippen molar-refractivity contribution in [2.75, 3.05) is 32.1 Å². The van der Waals surface area contributed by atoms with Gasteiger partial charge in [-0.05, 0) is 24.4 Å². The average molecular weight is 271 g/mol. The van der Waals surface area contributed by atoms with Crippen LogP contribution in [0.15, 0.2) is 17.5 Å². The molecule has 1 aromatic rings. The van der Waals surface area contributed by atoms with Gasteiger partial charge in [0.2, 0.25) is 0 Å². The molecular formula is C11H17N3O3S. The second kappa shape index (κ2) is 6.97. The zero-order valence-electron chi connectivity index (χ0n) is 10.7. The molecule has 0 saturated carbocycles. The van der Waals surface area contributed by atoms with E-state index in [0.717, 1.165) is 5.00 Å². The number of amides is 2. The summed E-state index contributed by atoms with van der Waals surface area (Å²) in [6.07, 6.45) is 0. The van der Waals surface area contributed by atoms with Crippen molar-refractivity contribution in [2.24, 2.45) is 0 Å². The molecule has 18 heavy (non-hydrogen) atoms. The van der Waals surface area contributed by atoms with E-state index in [1.165, 1.54) is 21.2 Å². The molecule has 6 nitrogen and oxygen atoms in total. The molecule has 0 atom stereocenters. The van der Waals surface area contributed by atoms with E-state index in [4.69, 9.17) is 4.74 Å². The third kappa shape index (κ3) is 4.34. The molecule has 0 unspecified atom stereocenters. The van der Waals surface area contributed by atoms with Gasteiger partial charge in [0.05, 0.1) is 11.6 Å². The molecule has 7 heteroatoms. The van der Waals surface area contributed by atoms with Crippen LogP contribution in [0, 0.1) is 0 Å². The Kier molecular flexibility index (Phi) is 5.60. The number of hydrazine groups is 1. The van der Waals surface area contributed by atoms with Gasteiger partial charge in [-0.25, -0.2) is 9.80 Å². The van der Waals surface area contributed by atoms with Gasteiger partial charge in [0, 0.05) is 14.1 Å². The van der Waals surface area contributed by atoms with Crippen molar-refractivity contribution in [3.05, 3.63) is 17.5 Å². The van der Waals surface area contributed by atoms with Crippen molar-refractivity contribution < 1.29 is 14.3 Å². The van der Waals surface area contributed by atoms with Gasteiger partial charge in [0.15, 0.2) is 0 Å². The Labute approximate surface area is 110 Å². The van der Waals surface area contributed by atoms with Gasteiger partial charge in [-0.1, -0.05) is 0 Å². The third-order valence-corrected chi connectivity index (χ3v) is 3.04. The van der Waals surface area contributed by atoms with E-state index < -0.39 is 0 Å². The molecule has 1 heterocycles. The fourth-order valence-corrected chi connectivity index (χ4v) is 1.93. The molecular weight excluding hydrogens is 254 g/mol. The summed E-state index contributed by atoms with van der Waals surface area (Å²) in [6.45, 7) is 2.08. The predicted molar refractivity (Wildman–Crippen MR) is 70.5 cm³/mol. The Morgan fingerprint density at radius 1 is 1.44 bits per heavy atom. The Morgan fingerprint density at radius 3 is 2.72 bits per heavy atom. The minimum absolute atomic E-state index is 0.0118. The second-order valence-electron chi connectivity index (χ2n) is 3.59. The lowest BCUT2D eigenvalue weighted by atomic mass is 10.6. The molecule has 0 fully saturated rings. The van der Waals surface area contributed by atoms with Crippen LogP contribution in [-0.2, 0) is 9.53 Å². The lowest BCUT2D eigenvalue weighted by molar-refractivity contribution is -0.144. The smallest absolute Gasteiger partial charge is 0.336 e. The number of esters is 1. The molecule has 0 aliphatic carbocycles. The molecule has 0 aliphatic heterocycles. The van der Waals surface area contributed by atoms with Crippen LogP contribution < -0.4 is 10.3 Å². The number of carbonyl (C=O) groups excluding carboxylic acids is 2. The fraction of sp³-hybridized carbons (Fsp3) is 0.455. The average Bonchev–Trinajstić information content (AvgIpc) is 2.81. The highest BCUT2D eigenvalue weighted by Gasteiger charge is 2.15. The minimum Gasteiger partial charge on any atom is -0.465 e. The van der Waals surface area contributed by atoms with E-state index in [1.807, 2.05) is 17.5 Å². The number of rotatable bonds is 5. The largest absolute Gasteiger partial charge is 0.465 e. The van der Waals surface area contributed by atoms with E-state index in [0.29, 0.717) is 6.61 Å². The van der Waals surface area contributed by atoms with Crippen molar-refractivity contribution in [1.29, 1.82) is 0 Å².